The molecule has 1 saturated heterocycles. The molecule has 1 aromatic heterocycles. The number of nitrogens with one attached hydrogen (secondary N) is 1. The number of nitrogens with zero attached hydrogens (tertiary/aromatic N) is 4. The Morgan fingerprint density at radius 3 is 2.56 bits per heavy atom. The fourth-order valence-electron chi connectivity index (χ4n) is 3.93. The number of amides is 2. The van der Waals surface area contributed by atoms with E-state index < -0.39 is 52.3 Å². The number of fused-ring (bicyclic) bond motifs is 1. The summed E-state index contributed by atoms with van der Waals surface area (Å²) < 4.78 is 15.9. The van der Waals surface area contributed by atoms with Crippen LogP contribution in [0.4, 0.5) is 5.69 Å². The molecule has 228 valence electrons. The highest BCUT2D eigenvalue weighted by Gasteiger charge is 2.55. The molecular formula is C26H27N5O10S2. The number of oxime groups is 1. The molecule has 2 aromatic rings. The fourth-order valence-corrected chi connectivity index (χ4v) is 5.78. The maximum Gasteiger partial charge on any atom is 0.358 e. The van der Waals surface area contributed by atoms with E-state index in [4.69, 9.17) is 19.0 Å². The van der Waals surface area contributed by atoms with Crippen molar-refractivity contribution in [1.82, 2.24) is 15.2 Å². The smallest absolute Gasteiger partial charge is 0.358 e. The molecular weight excluding hydrogens is 606 g/mol. The summed E-state index contributed by atoms with van der Waals surface area (Å²) in [5.74, 6) is -2.46. The van der Waals surface area contributed by atoms with Crippen LogP contribution in [-0.4, -0.2) is 80.8 Å². The van der Waals surface area contributed by atoms with Crippen LogP contribution in [0.3, 0.4) is 0 Å². The number of thiazole rings is 1. The van der Waals surface area contributed by atoms with Gasteiger partial charge in [-0.2, -0.15) is 0 Å². The number of methoxy groups -OCH3 is 1. The summed E-state index contributed by atoms with van der Waals surface area (Å²) >= 11 is 2.47. The van der Waals surface area contributed by atoms with Gasteiger partial charge in [-0.05, 0) is 38.5 Å². The highest BCUT2D eigenvalue weighted by Crippen LogP contribution is 2.41. The maximum atomic E-state index is 13.2. The van der Waals surface area contributed by atoms with Crippen molar-refractivity contribution in [2.75, 3.05) is 19.5 Å². The zero-order valence-electron chi connectivity index (χ0n) is 23.4. The normalized spacial score (nSPS) is 18.3. The molecule has 17 heteroatoms. The first-order valence-electron chi connectivity index (χ1n) is 12.6. The Bertz CT molecular complexity index is 1470. The molecule has 1 N–H and O–H groups in total. The van der Waals surface area contributed by atoms with Crippen molar-refractivity contribution in [3.63, 3.8) is 0 Å². The van der Waals surface area contributed by atoms with Gasteiger partial charge in [0.15, 0.2) is 11.4 Å². The van der Waals surface area contributed by atoms with E-state index in [-0.39, 0.29) is 40.9 Å². The van der Waals surface area contributed by atoms with Gasteiger partial charge in [-0.15, -0.1) is 23.1 Å². The third-order valence-corrected chi connectivity index (χ3v) is 7.66. The molecule has 0 saturated carbocycles. The van der Waals surface area contributed by atoms with E-state index in [1.54, 1.807) is 26.2 Å². The largest absolute Gasteiger partial charge is 0.498 e. The van der Waals surface area contributed by atoms with Crippen molar-refractivity contribution < 1.29 is 43.1 Å². The van der Waals surface area contributed by atoms with Gasteiger partial charge in [0.05, 0.1) is 23.3 Å². The van der Waals surface area contributed by atoms with E-state index in [1.165, 1.54) is 64.9 Å². The lowest BCUT2D eigenvalue weighted by molar-refractivity contribution is -0.384. The molecule has 0 radical (unpaired) electrons. The number of rotatable bonds is 11. The average molecular weight is 634 g/mol. The minimum absolute atomic E-state index is 0.0993. The molecule has 1 unspecified atom stereocenters. The Balaban J connectivity index is 1.43. The van der Waals surface area contributed by atoms with Crippen molar-refractivity contribution in [2.24, 2.45) is 5.16 Å². The van der Waals surface area contributed by atoms with Crippen LogP contribution in [0.5, 0.6) is 0 Å². The molecule has 2 atom stereocenters. The molecule has 0 spiro atoms. The second-order valence-corrected chi connectivity index (χ2v) is 11.8. The summed E-state index contributed by atoms with van der Waals surface area (Å²) in [4.78, 5) is 72.1. The predicted octanol–water partition coefficient (Wildman–Crippen LogP) is 2.11. The van der Waals surface area contributed by atoms with Crippen LogP contribution in [0.1, 0.15) is 32.0 Å². The summed E-state index contributed by atoms with van der Waals surface area (Å²) in [7, 11) is 1.36. The van der Waals surface area contributed by atoms with Gasteiger partial charge in [0, 0.05) is 17.5 Å². The molecule has 2 aliphatic rings. The molecule has 2 amide bonds. The van der Waals surface area contributed by atoms with Crippen LogP contribution in [0.15, 0.2) is 51.8 Å². The molecule has 3 heterocycles. The Labute approximate surface area is 253 Å². The summed E-state index contributed by atoms with van der Waals surface area (Å²) in [5.41, 5.74) is 0.950. The SMILES string of the molecule is COC1=C(C(=O)OCc2ccc([N+](=O)[O-])cc2)N2C(=O)C(NC(=O)C(=NOCC(=O)OC(C)(C)C)c3cscn3)[C@H]2SC1. The van der Waals surface area contributed by atoms with Gasteiger partial charge in [-0.1, -0.05) is 5.16 Å². The van der Waals surface area contributed by atoms with E-state index in [0.717, 1.165) is 0 Å². The zero-order valence-corrected chi connectivity index (χ0v) is 25.1. The second-order valence-electron chi connectivity index (χ2n) is 10.0. The van der Waals surface area contributed by atoms with Crippen LogP contribution in [0.25, 0.3) is 0 Å². The topological polar surface area (TPSA) is 189 Å². The minimum atomic E-state index is -1.02. The van der Waals surface area contributed by atoms with Gasteiger partial charge in [-0.3, -0.25) is 24.6 Å². The first-order chi connectivity index (χ1) is 20.4. The van der Waals surface area contributed by atoms with Crippen molar-refractivity contribution in [2.45, 2.75) is 44.4 Å². The van der Waals surface area contributed by atoms with Crippen molar-refractivity contribution in [3.05, 3.63) is 68.0 Å². The van der Waals surface area contributed by atoms with Crippen LogP contribution < -0.4 is 5.32 Å². The molecule has 4 rings (SSSR count). The number of non-ortho nitro benzene ring substituents is 1. The third kappa shape index (κ3) is 7.47. The lowest BCUT2D eigenvalue weighted by Gasteiger charge is -2.49. The Morgan fingerprint density at radius 2 is 1.95 bits per heavy atom. The first-order valence-corrected chi connectivity index (χ1v) is 14.6. The number of nitro benzene ring substituents is 1. The van der Waals surface area contributed by atoms with Crippen LogP contribution in [0, 0.1) is 10.1 Å². The minimum Gasteiger partial charge on any atom is -0.498 e. The standard InChI is InChI=1S/C26H27N5O10S2/c1-26(2,3)41-18(32)10-40-29-19(16-11-42-13-27-16)22(33)28-20-23(34)30-21(17(38-4)12-43-24(20)30)25(35)39-9-14-5-7-15(8-6-14)31(36)37/h5-8,11,13,20,24H,9-10,12H2,1-4H3,(H,28,33)/t20?,24-/m1/s1. The number of esters is 2. The van der Waals surface area contributed by atoms with E-state index in [1.807, 2.05) is 0 Å². The Kier molecular flexibility index (Phi) is 9.65. The van der Waals surface area contributed by atoms with Crippen molar-refractivity contribution >= 4 is 58.3 Å². The molecule has 15 nitrogen and oxygen atoms in total. The van der Waals surface area contributed by atoms with Gasteiger partial charge >= 0.3 is 11.9 Å². The number of β-lactam (4-membered cyclic amide) rings is 1. The number of carbonyl (C=O) groups is 4. The molecule has 0 aliphatic carbocycles. The second kappa shape index (κ2) is 13.2. The number of hydrogen-bond donors (Lipinski definition) is 1. The average Bonchev–Trinajstić information content (AvgIpc) is 3.49. The highest BCUT2D eigenvalue weighted by atomic mass is 32.2. The number of aromatic nitrogens is 1. The summed E-state index contributed by atoms with van der Waals surface area (Å²) in [6.45, 7) is 4.33. The number of hydrogen-bond acceptors (Lipinski definition) is 14. The van der Waals surface area contributed by atoms with Crippen molar-refractivity contribution in [3.8, 4) is 0 Å². The predicted molar refractivity (Wildman–Crippen MR) is 152 cm³/mol. The van der Waals surface area contributed by atoms with Gasteiger partial charge < -0.3 is 24.4 Å². The summed E-state index contributed by atoms with van der Waals surface area (Å²) in [6.07, 6.45) is 0. The van der Waals surface area contributed by atoms with Gasteiger partial charge in [-0.25, -0.2) is 14.6 Å². The van der Waals surface area contributed by atoms with E-state index in [0.29, 0.717) is 5.56 Å². The molecule has 1 aromatic carbocycles. The monoisotopic (exact) mass is 633 g/mol. The molecule has 43 heavy (non-hydrogen) atoms. The highest BCUT2D eigenvalue weighted by molar-refractivity contribution is 8.00. The maximum absolute atomic E-state index is 13.2. The van der Waals surface area contributed by atoms with Crippen LogP contribution in [-0.2, 0) is 44.8 Å². The molecule has 1 fully saturated rings. The Morgan fingerprint density at radius 1 is 1.23 bits per heavy atom. The first kappa shape index (κ1) is 31.4. The number of carbonyl (C=O) groups excluding carboxylic acids is 4. The lowest BCUT2D eigenvalue weighted by Crippen LogP contribution is -2.71. The molecule has 0 bridgehead atoms. The lowest BCUT2D eigenvalue weighted by atomic mass is 10.0. The molecule has 2 aliphatic heterocycles. The third-order valence-electron chi connectivity index (χ3n) is 5.83. The number of ether oxygens (including phenoxy) is 3. The van der Waals surface area contributed by atoms with E-state index in [2.05, 4.69) is 15.5 Å². The number of benzene rings is 1. The number of nitro groups is 1. The summed E-state index contributed by atoms with van der Waals surface area (Å²) in [6, 6.07) is 4.46. The number of thioether (sulfide) groups is 1. The van der Waals surface area contributed by atoms with Gasteiger partial charge in [0.1, 0.15) is 35.1 Å². The van der Waals surface area contributed by atoms with E-state index in [9.17, 15) is 29.3 Å². The Hall–Kier alpha value is -4.51. The van der Waals surface area contributed by atoms with Gasteiger partial charge in [0.2, 0.25) is 6.61 Å². The fraction of sp³-hybridized carbons (Fsp3) is 0.385. The summed E-state index contributed by atoms with van der Waals surface area (Å²) in [5, 5.41) is 18.2. The van der Waals surface area contributed by atoms with Crippen LogP contribution in [0.2, 0.25) is 0 Å². The van der Waals surface area contributed by atoms with Crippen LogP contribution >= 0.6 is 23.1 Å². The van der Waals surface area contributed by atoms with Crippen molar-refractivity contribution in [1.29, 1.82) is 0 Å². The van der Waals surface area contributed by atoms with Gasteiger partial charge in [0.25, 0.3) is 17.5 Å². The zero-order chi connectivity index (χ0) is 31.3. The quantitative estimate of drug-likeness (QED) is 0.125. The van der Waals surface area contributed by atoms with E-state index >= 15 is 0 Å².